The normalized spacial score (nSPS) is 6.73. The molecular weight excluding hydrogens is 188 g/mol. The van der Waals surface area contributed by atoms with E-state index in [0.29, 0.717) is 0 Å². The summed E-state index contributed by atoms with van der Waals surface area (Å²) < 4.78 is 0. The Morgan fingerprint density at radius 3 is 1.09 bits per heavy atom. The minimum Gasteiger partial charge on any atom is -0.481 e. The van der Waals surface area contributed by atoms with Crippen molar-refractivity contribution in [3.05, 3.63) is 0 Å². The quantitative estimate of drug-likeness (QED) is 0.696. The van der Waals surface area contributed by atoms with E-state index in [2.05, 4.69) is 0 Å². The third-order valence-electron chi connectivity index (χ3n) is 0.605. The molecular formula is C6H12CrO4. The first-order valence-electron chi connectivity index (χ1n) is 2.98. The molecule has 0 saturated heterocycles. The van der Waals surface area contributed by atoms with E-state index in [4.69, 9.17) is 10.2 Å². The second-order valence-electron chi connectivity index (χ2n) is 1.49. The number of rotatable bonds is 2. The maximum absolute atomic E-state index is 9.37. The van der Waals surface area contributed by atoms with Gasteiger partial charge in [-0.2, -0.15) is 0 Å². The zero-order chi connectivity index (χ0) is 8.57. The smallest absolute Gasteiger partial charge is 0.303 e. The minimum absolute atomic E-state index is 0. The van der Waals surface area contributed by atoms with Crippen LogP contribution in [0.3, 0.4) is 0 Å². The Bertz CT molecular complexity index is 99.1. The molecule has 0 saturated carbocycles. The first-order valence-corrected chi connectivity index (χ1v) is 2.98. The topological polar surface area (TPSA) is 74.6 Å². The molecule has 0 spiro atoms. The monoisotopic (exact) mass is 200 g/mol. The van der Waals surface area contributed by atoms with E-state index in [-0.39, 0.29) is 30.2 Å². The largest absolute Gasteiger partial charge is 0.481 e. The SMILES string of the molecule is CCC(=O)O.CCC(=O)O.[Cr]. The fraction of sp³-hybridized carbons (Fsp3) is 0.667. The predicted molar refractivity (Wildman–Crippen MR) is 35.9 cm³/mol. The Kier molecular flexibility index (Phi) is 18.6. The summed E-state index contributed by atoms with van der Waals surface area (Å²) in [6.45, 7) is 3.20. The van der Waals surface area contributed by atoms with Crippen molar-refractivity contribution >= 4 is 11.9 Å². The molecule has 0 aliphatic carbocycles. The number of hydrogen-bond acceptors (Lipinski definition) is 2. The van der Waals surface area contributed by atoms with Crippen LogP contribution in [0.15, 0.2) is 0 Å². The van der Waals surface area contributed by atoms with E-state index in [1.165, 1.54) is 0 Å². The molecule has 0 atom stereocenters. The Morgan fingerprint density at radius 1 is 1.00 bits per heavy atom. The zero-order valence-electron chi connectivity index (χ0n) is 6.53. The first-order chi connectivity index (χ1) is 4.54. The summed E-state index contributed by atoms with van der Waals surface area (Å²) in [5.41, 5.74) is 0. The molecule has 0 unspecified atom stereocenters. The summed E-state index contributed by atoms with van der Waals surface area (Å²) in [5, 5.41) is 15.4. The Labute approximate surface area is 76.4 Å². The number of carboxylic acids is 2. The Balaban J connectivity index is -0.000000107. The number of hydrogen-bond donors (Lipinski definition) is 2. The second-order valence-corrected chi connectivity index (χ2v) is 1.49. The van der Waals surface area contributed by atoms with Gasteiger partial charge >= 0.3 is 11.9 Å². The summed E-state index contributed by atoms with van der Waals surface area (Å²) in [4.78, 5) is 18.7. The van der Waals surface area contributed by atoms with Crippen molar-refractivity contribution in [2.75, 3.05) is 0 Å². The molecule has 0 fully saturated rings. The van der Waals surface area contributed by atoms with Gasteiger partial charge in [-0.1, -0.05) is 13.8 Å². The summed E-state index contributed by atoms with van der Waals surface area (Å²) in [6.07, 6.45) is 0.444. The third-order valence-corrected chi connectivity index (χ3v) is 0.605. The molecule has 2 N–H and O–H groups in total. The van der Waals surface area contributed by atoms with Crippen molar-refractivity contribution in [3.8, 4) is 0 Å². The predicted octanol–water partition coefficient (Wildman–Crippen LogP) is 0.960. The Hall–Kier alpha value is -0.528. The van der Waals surface area contributed by atoms with Gasteiger partial charge in [0.15, 0.2) is 0 Å². The fourth-order valence-electron chi connectivity index (χ4n) is 0. The van der Waals surface area contributed by atoms with Gasteiger partial charge in [0.2, 0.25) is 0 Å². The van der Waals surface area contributed by atoms with E-state index in [9.17, 15) is 9.59 Å². The van der Waals surface area contributed by atoms with E-state index in [1.54, 1.807) is 13.8 Å². The third kappa shape index (κ3) is 43.9. The van der Waals surface area contributed by atoms with Crippen molar-refractivity contribution in [2.24, 2.45) is 0 Å². The minimum atomic E-state index is -0.745. The molecule has 11 heavy (non-hydrogen) atoms. The Morgan fingerprint density at radius 2 is 1.09 bits per heavy atom. The van der Waals surface area contributed by atoms with Gasteiger partial charge in [0.25, 0.3) is 0 Å². The molecule has 0 aliphatic heterocycles. The summed E-state index contributed by atoms with van der Waals surface area (Å²) >= 11 is 0. The fourth-order valence-corrected chi connectivity index (χ4v) is 0. The van der Waals surface area contributed by atoms with Crippen molar-refractivity contribution < 1.29 is 37.2 Å². The zero-order valence-corrected chi connectivity index (χ0v) is 7.81. The van der Waals surface area contributed by atoms with E-state index in [0.717, 1.165) is 0 Å². The van der Waals surface area contributed by atoms with Crippen molar-refractivity contribution in [1.29, 1.82) is 0 Å². The molecule has 4 nitrogen and oxygen atoms in total. The average Bonchev–Trinajstić information content (AvgIpc) is 1.89. The van der Waals surface area contributed by atoms with Gasteiger partial charge in [-0.05, 0) is 0 Å². The molecule has 0 aliphatic rings. The van der Waals surface area contributed by atoms with Gasteiger partial charge in [-0.25, -0.2) is 0 Å². The van der Waals surface area contributed by atoms with Gasteiger partial charge in [0, 0.05) is 30.2 Å². The molecule has 0 heterocycles. The number of carbonyl (C=O) groups is 2. The standard InChI is InChI=1S/2C3H6O2.Cr/c2*1-2-3(4)5;/h2*2H2,1H3,(H,4,5);. The number of aliphatic carboxylic acids is 2. The first kappa shape index (κ1) is 16.8. The molecule has 0 radical (unpaired) electrons. The van der Waals surface area contributed by atoms with Crippen LogP contribution in [0, 0.1) is 0 Å². The van der Waals surface area contributed by atoms with Crippen LogP contribution in [0.2, 0.25) is 0 Å². The van der Waals surface area contributed by atoms with Gasteiger partial charge in [-0.15, -0.1) is 0 Å². The van der Waals surface area contributed by atoms with E-state index in [1.807, 2.05) is 0 Å². The van der Waals surface area contributed by atoms with Crippen molar-refractivity contribution in [1.82, 2.24) is 0 Å². The molecule has 0 aromatic carbocycles. The van der Waals surface area contributed by atoms with Crippen LogP contribution in [-0.4, -0.2) is 22.2 Å². The van der Waals surface area contributed by atoms with E-state index < -0.39 is 11.9 Å². The maximum Gasteiger partial charge on any atom is 0.303 e. The van der Waals surface area contributed by atoms with E-state index >= 15 is 0 Å². The van der Waals surface area contributed by atoms with Crippen LogP contribution in [0.25, 0.3) is 0 Å². The molecule has 0 aromatic heterocycles. The van der Waals surface area contributed by atoms with Crippen LogP contribution in [0.4, 0.5) is 0 Å². The molecule has 0 amide bonds. The average molecular weight is 200 g/mol. The molecule has 0 aromatic rings. The maximum atomic E-state index is 9.37. The second kappa shape index (κ2) is 12.2. The van der Waals surface area contributed by atoms with Crippen LogP contribution >= 0.6 is 0 Å². The molecule has 5 heteroatoms. The van der Waals surface area contributed by atoms with Gasteiger partial charge in [-0.3, -0.25) is 9.59 Å². The van der Waals surface area contributed by atoms with Crippen LogP contribution < -0.4 is 0 Å². The van der Waals surface area contributed by atoms with Gasteiger partial charge in [0.1, 0.15) is 0 Å². The van der Waals surface area contributed by atoms with Crippen LogP contribution in [-0.2, 0) is 27.0 Å². The van der Waals surface area contributed by atoms with Crippen LogP contribution in [0.1, 0.15) is 26.7 Å². The molecule has 0 bridgehead atoms. The summed E-state index contributed by atoms with van der Waals surface area (Å²) in [5.74, 6) is -1.49. The molecule has 66 valence electrons. The molecule has 0 rings (SSSR count). The number of carboxylic acid groups (broad SMARTS) is 2. The van der Waals surface area contributed by atoms with Crippen LogP contribution in [0.5, 0.6) is 0 Å². The van der Waals surface area contributed by atoms with Crippen molar-refractivity contribution in [2.45, 2.75) is 26.7 Å². The summed E-state index contributed by atoms with van der Waals surface area (Å²) in [7, 11) is 0. The van der Waals surface area contributed by atoms with Gasteiger partial charge in [0.05, 0.1) is 0 Å². The summed E-state index contributed by atoms with van der Waals surface area (Å²) in [6, 6.07) is 0. The van der Waals surface area contributed by atoms with Crippen molar-refractivity contribution in [3.63, 3.8) is 0 Å². The van der Waals surface area contributed by atoms with Gasteiger partial charge < -0.3 is 10.2 Å².